The van der Waals surface area contributed by atoms with E-state index in [1.54, 1.807) is 0 Å². The van der Waals surface area contributed by atoms with E-state index in [4.69, 9.17) is 5.73 Å². The zero-order valence-electron chi connectivity index (χ0n) is 12.1. The van der Waals surface area contributed by atoms with Gasteiger partial charge in [-0.15, -0.1) is 0 Å². The maximum atomic E-state index is 5.99. The molecule has 0 aromatic heterocycles. The van der Waals surface area contributed by atoms with Crippen molar-refractivity contribution in [2.24, 2.45) is 11.7 Å². The molecule has 1 rings (SSSR count). The Bertz CT molecular complexity index is 191. The molecule has 0 saturated carbocycles. The first kappa shape index (κ1) is 15.0. The second-order valence-electron chi connectivity index (χ2n) is 5.93. The van der Waals surface area contributed by atoms with Gasteiger partial charge in [0.05, 0.1) is 0 Å². The summed E-state index contributed by atoms with van der Waals surface area (Å²) in [4.78, 5) is 2.70. The van der Waals surface area contributed by atoms with Crippen LogP contribution in [0.2, 0.25) is 0 Å². The average molecular weight is 240 g/mol. The second-order valence-corrected chi connectivity index (χ2v) is 5.93. The van der Waals surface area contributed by atoms with Gasteiger partial charge >= 0.3 is 0 Å². The normalized spacial score (nSPS) is 23.5. The molecule has 1 aliphatic heterocycles. The zero-order chi connectivity index (χ0) is 12.7. The second kappa shape index (κ2) is 8.10. The summed E-state index contributed by atoms with van der Waals surface area (Å²) in [5, 5.41) is 0. The van der Waals surface area contributed by atoms with Gasteiger partial charge in [-0.1, -0.05) is 46.5 Å². The molecule has 2 N–H and O–H groups in total. The highest BCUT2D eigenvalue weighted by Gasteiger charge is 2.31. The maximum Gasteiger partial charge on any atom is 0.0221 e. The van der Waals surface area contributed by atoms with E-state index in [-0.39, 0.29) is 0 Å². The van der Waals surface area contributed by atoms with Crippen LogP contribution in [-0.4, -0.2) is 30.1 Å². The first-order chi connectivity index (χ1) is 8.20. The van der Waals surface area contributed by atoms with Crippen molar-refractivity contribution in [2.45, 2.75) is 77.8 Å². The van der Waals surface area contributed by atoms with Gasteiger partial charge in [0, 0.05) is 18.6 Å². The number of nitrogens with two attached hydrogens (primary N) is 1. The van der Waals surface area contributed by atoms with Gasteiger partial charge in [-0.3, -0.25) is 4.90 Å². The summed E-state index contributed by atoms with van der Waals surface area (Å²) in [5.74, 6) is 0.780. The SMILES string of the molecule is CCCCCCC(CN)N1CCCC1C(C)C. The predicted molar refractivity (Wildman–Crippen MR) is 76.2 cm³/mol. The molecule has 1 aliphatic rings. The van der Waals surface area contributed by atoms with Crippen LogP contribution in [0.5, 0.6) is 0 Å². The van der Waals surface area contributed by atoms with Crippen molar-refractivity contribution >= 4 is 0 Å². The van der Waals surface area contributed by atoms with Gasteiger partial charge < -0.3 is 5.73 Å². The Kier molecular flexibility index (Phi) is 7.14. The van der Waals surface area contributed by atoms with Crippen molar-refractivity contribution in [2.75, 3.05) is 13.1 Å². The molecular weight excluding hydrogens is 208 g/mol. The monoisotopic (exact) mass is 240 g/mol. The van der Waals surface area contributed by atoms with Crippen LogP contribution in [0.1, 0.15) is 65.7 Å². The highest BCUT2D eigenvalue weighted by Crippen LogP contribution is 2.27. The topological polar surface area (TPSA) is 29.3 Å². The fourth-order valence-electron chi connectivity index (χ4n) is 3.21. The van der Waals surface area contributed by atoms with Crippen LogP contribution in [0.3, 0.4) is 0 Å². The molecule has 102 valence electrons. The minimum Gasteiger partial charge on any atom is -0.329 e. The van der Waals surface area contributed by atoms with Gasteiger partial charge in [0.15, 0.2) is 0 Å². The van der Waals surface area contributed by atoms with Crippen LogP contribution >= 0.6 is 0 Å². The molecule has 0 amide bonds. The minimum atomic E-state index is 0.641. The molecule has 1 heterocycles. The number of unbranched alkanes of at least 4 members (excludes halogenated alkanes) is 3. The van der Waals surface area contributed by atoms with E-state index in [0.717, 1.165) is 18.5 Å². The van der Waals surface area contributed by atoms with Gasteiger partial charge in [-0.2, -0.15) is 0 Å². The first-order valence-electron chi connectivity index (χ1n) is 7.66. The summed E-state index contributed by atoms with van der Waals surface area (Å²) in [6.07, 6.45) is 9.50. The highest BCUT2D eigenvalue weighted by atomic mass is 15.2. The van der Waals surface area contributed by atoms with Crippen LogP contribution < -0.4 is 5.73 Å². The van der Waals surface area contributed by atoms with Crippen molar-refractivity contribution in [3.05, 3.63) is 0 Å². The van der Waals surface area contributed by atoms with E-state index >= 15 is 0 Å². The minimum absolute atomic E-state index is 0.641. The van der Waals surface area contributed by atoms with E-state index in [2.05, 4.69) is 25.7 Å². The number of hydrogen-bond acceptors (Lipinski definition) is 2. The van der Waals surface area contributed by atoms with Crippen molar-refractivity contribution in [3.63, 3.8) is 0 Å². The van der Waals surface area contributed by atoms with Crippen molar-refractivity contribution < 1.29 is 0 Å². The lowest BCUT2D eigenvalue weighted by Gasteiger charge is -2.34. The Morgan fingerprint density at radius 2 is 2.00 bits per heavy atom. The average Bonchev–Trinajstić information content (AvgIpc) is 2.78. The predicted octanol–water partition coefficient (Wildman–Crippen LogP) is 3.40. The number of nitrogens with zero attached hydrogens (tertiary/aromatic N) is 1. The van der Waals surface area contributed by atoms with E-state index < -0.39 is 0 Å². The molecule has 0 aromatic rings. The smallest absolute Gasteiger partial charge is 0.0221 e. The van der Waals surface area contributed by atoms with E-state index in [1.165, 1.54) is 51.5 Å². The summed E-state index contributed by atoms with van der Waals surface area (Å²) in [6, 6.07) is 1.43. The third kappa shape index (κ3) is 4.59. The Labute approximate surface area is 108 Å². The maximum absolute atomic E-state index is 5.99. The van der Waals surface area contributed by atoms with Gasteiger partial charge in [-0.25, -0.2) is 0 Å². The first-order valence-corrected chi connectivity index (χ1v) is 7.66. The Morgan fingerprint density at radius 3 is 2.59 bits per heavy atom. The van der Waals surface area contributed by atoms with Crippen LogP contribution in [0.25, 0.3) is 0 Å². The molecule has 2 heteroatoms. The fraction of sp³-hybridized carbons (Fsp3) is 1.00. The van der Waals surface area contributed by atoms with Crippen LogP contribution in [0.4, 0.5) is 0 Å². The molecule has 0 aromatic carbocycles. The molecular formula is C15H32N2. The molecule has 0 bridgehead atoms. The van der Waals surface area contributed by atoms with Gasteiger partial charge in [0.2, 0.25) is 0 Å². The summed E-state index contributed by atoms with van der Waals surface area (Å²) in [5.41, 5.74) is 5.99. The molecule has 2 nitrogen and oxygen atoms in total. The molecule has 1 fully saturated rings. The summed E-state index contributed by atoms with van der Waals surface area (Å²) in [6.45, 7) is 9.10. The molecule has 17 heavy (non-hydrogen) atoms. The summed E-state index contributed by atoms with van der Waals surface area (Å²) >= 11 is 0. The van der Waals surface area contributed by atoms with E-state index in [0.29, 0.717) is 6.04 Å². The van der Waals surface area contributed by atoms with E-state index in [9.17, 15) is 0 Å². The highest BCUT2D eigenvalue weighted by molar-refractivity contribution is 4.87. The Morgan fingerprint density at radius 1 is 1.24 bits per heavy atom. The number of rotatable bonds is 8. The summed E-state index contributed by atoms with van der Waals surface area (Å²) < 4.78 is 0. The standard InChI is InChI=1S/C15H32N2/c1-4-5-6-7-9-14(12-16)17-11-8-10-15(17)13(2)3/h13-15H,4-12,16H2,1-3H3. The van der Waals surface area contributed by atoms with Gasteiger partial charge in [0.1, 0.15) is 0 Å². The lowest BCUT2D eigenvalue weighted by molar-refractivity contribution is 0.140. The Balaban J connectivity index is 2.37. The molecule has 1 saturated heterocycles. The third-order valence-corrected chi connectivity index (χ3v) is 4.24. The van der Waals surface area contributed by atoms with Crippen LogP contribution in [-0.2, 0) is 0 Å². The summed E-state index contributed by atoms with van der Waals surface area (Å²) in [7, 11) is 0. The van der Waals surface area contributed by atoms with Gasteiger partial charge in [-0.05, 0) is 31.7 Å². The van der Waals surface area contributed by atoms with Gasteiger partial charge in [0.25, 0.3) is 0 Å². The lowest BCUT2D eigenvalue weighted by Crippen LogP contribution is -2.45. The van der Waals surface area contributed by atoms with Crippen molar-refractivity contribution in [1.82, 2.24) is 4.90 Å². The fourth-order valence-corrected chi connectivity index (χ4v) is 3.21. The molecule has 2 atom stereocenters. The van der Waals surface area contributed by atoms with E-state index in [1.807, 2.05) is 0 Å². The number of likely N-dealkylation sites (tertiary alicyclic amines) is 1. The third-order valence-electron chi connectivity index (χ3n) is 4.24. The zero-order valence-corrected chi connectivity index (χ0v) is 12.1. The molecule has 0 aliphatic carbocycles. The molecule has 2 unspecified atom stereocenters. The molecule has 0 radical (unpaired) electrons. The van der Waals surface area contributed by atoms with Crippen molar-refractivity contribution in [3.8, 4) is 0 Å². The van der Waals surface area contributed by atoms with Crippen LogP contribution in [0, 0.1) is 5.92 Å². The largest absolute Gasteiger partial charge is 0.329 e. The van der Waals surface area contributed by atoms with Crippen molar-refractivity contribution in [1.29, 1.82) is 0 Å². The lowest BCUT2D eigenvalue weighted by atomic mass is 9.99. The quantitative estimate of drug-likeness (QED) is 0.659. The number of hydrogen-bond donors (Lipinski definition) is 1. The Hall–Kier alpha value is -0.0800. The van der Waals surface area contributed by atoms with Crippen LogP contribution in [0.15, 0.2) is 0 Å². The molecule has 0 spiro atoms.